The van der Waals surface area contributed by atoms with Crippen molar-refractivity contribution in [3.63, 3.8) is 0 Å². The number of para-hydroxylation sites is 1. The number of hydrogen-bond acceptors (Lipinski definition) is 4. The van der Waals surface area contributed by atoms with Crippen molar-refractivity contribution in [1.82, 2.24) is 5.32 Å². The minimum absolute atomic E-state index is 0.132. The first-order valence-electron chi connectivity index (χ1n) is 6.57. The molecule has 0 unspecified atom stereocenters. The highest BCUT2D eigenvalue weighted by atomic mass is 16.5. The van der Waals surface area contributed by atoms with Crippen molar-refractivity contribution in [2.75, 3.05) is 19.8 Å². The van der Waals surface area contributed by atoms with Crippen molar-refractivity contribution >= 4 is 0 Å². The number of nitrogens with one attached hydrogen (secondary N) is 1. The summed E-state index contributed by atoms with van der Waals surface area (Å²) in [4.78, 5) is 0. The Morgan fingerprint density at radius 2 is 2.17 bits per heavy atom. The molecule has 1 aliphatic heterocycles. The lowest BCUT2D eigenvalue weighted by molar-refractivity contribution is 0.237. The molecule has 0 fully saturated rings. The molecule has 0 saturated carbocycles. The maximum absolute atomic E-state index is 9.17. The highest BCUT2D eigenvalue weighted by Gasteiger charge is 2.14. The smallest absolute Gasteiger partial charge is 0.165 e. The Morgan fingerprint density at radius 3 is 2.94 bits per heavy atom. The monoisotopic (exact) mass is 251 g/mol. The van der Waals surface area contributed by atoms with Crippen LogP contribution in [0, 0.1) is 0 Å². The van der Waals surface area contributed by atoms with Crippen molar-refractivity contribution in [3.05, 3.63) is 23.8 Å². The second kappa shape index (κ2) is 6.61. The van der Waals surface area contributed by atoms with Gasteiger partial charge in [-0.05, 0) is 12.5 Å². The van der Waals surface area contributed by atoms with Gasteiger partial charge in [0.25, 0.3) is 0 Å². The summed E-state index contributed by atoms with van der Waals surface area (Å²) in [7, 11) is 0. The summed E-state index contributed by atoms with van der Waals surface area (Å²) in [5.74, 6) is 1.67. The van der Waals surface area contributed by atoms with Gasteiger partial charge in [-0.3, -0.25) is 0 Å². The van der Waals surface area contributed by atoms with Crippen molar-refractivity contribution in [2.45, 2.75) is 32.4 Å². The number of fused-ring (bicyclic) bond motifs is 1. The lowest BCUT2D eigenvalue weighted by Crippen LogP contribution is -2.31. The molecule has 2 rings (SSSR count). The Hall–Kier alpha value is -1.26. The molecule has 0 aliphatic carbocycles. The van der Waals surface area contributed by atoms with Gasteiger partial charge in [0.1, 0.15) is 0 Å². The summed E-state index contributed by atoms with van der Waals surface area (Å²) in [5.41, 5.74) is 1.08. The second-order valence-electron chi connectivity index (χ2n) is 4.46. The molecule has 0 radical (unpaired) electrons. The van der Waals surface area contributed by atoms with E-state index in [9.17, 15) is 0 Å². The van der Waals surface area contributed by atoms with E-state index in [2.05, 4.69) is 12.2 Å². The fourth-order valence-electron chi connectivity index (χ4n) is 1.99. The van der Waals surface area contributed by atoms with Gasteiger partial charge < -0.3 is 19.9 Å². The molecular formula is C14H21NO3. The fourth-order valence-corrected chi connectivity index (χ4v) is 1.99. The third kappa shape index (κ3) is 3.15. The van der Waals surface area contributed by atoms with E-state index in [4.69, 9.17) is 14.6 Å². The average Bonchev–Trinajstić information content (AvgIpc) is 2.65. The van der Waals surface area contributed by atoms with Crippen LogP contribution in [0.1, 0.15) is 25.3 Å². The SMILES string of the molecule is CC[C@H](CO)NCc1cccc2c1OCCCO2. The van der Waals surface area contributed by atoms with Gasteiger partial charge in [-0.25, -0.2) is 0 Å². The Balaban J connectivity index is 2.08. The van der Waals surface area contributed by atoms with Gasteiger partial charge in [0.2, 0.25) is 0 Å². The van der Waals surface area contributed by atoms with Crippen LogP contribution in [0.25, 0.3) is 0 Å². The minimum atomic E-state index is 0.132. The van der Waals surface area contributed by atoms with Crippen molar-refractivity contribution < 1.29 is 14.6 Å². The molecule has 1 heterocycles. The molecule has 4 nitrogen and oxygen atoms in total. The number of ether oxygens (including phenoxy) is 2. The van der Waals surface area contributed by atoms with Gasteiger partial charge in [-0.1, -0.05) is 19.1 Å². The predicted octanol–water partition coefficient (Wildman–Crippen LogP) is 1.71. The topological polar surface area (TPSA) is 50.7 Å². The van der Waals surface area contributed by atoms with Crippen molar-refractivity contribution in [2.24, 2.45) is 0 Å². The Bertz CT molecular complexity index is 377. The molecule has 1 aromatic rings. The number of rotatable bonds is 5. The van der Waals surface area contributed by atoms with Gasteiger partial charge in [0, 0.05) is 24.6 Å². The van der Waals surface area contributed by atoms with Gasteiger partial charge >= 0.3 is 0 Å². The number of aliphatic hydroxyl groups excluding tert-OH is 1. The first kappa shape index (κ1) is 13.2. The molecular weight excluding hydrogens is 230 g/mol. The largest absolute Gasteiger partial charge is 0.490 e. The van der Waals surface area contributed by atoms with E-state index in [1.165, 1.54) is 0 Å². The molecule has 18 heavy (non-hydrogen) atoms. The zero-order chi connectivity index (χ0) is 12.8. The van der Waals surface area contributed by atoms with Gasteiger partial charge in [-0.2, -0.15) is 0 Å². The van der Waals surface area contributed by atoms with Crippen LogP contribution < -0.4 is 14.8 Å². The predicted molar refractivity (Wildman–Crippen MR) is 70.1 cm³/mol. The molecule has 1 atom stereocenters. The Kier molecular flexibility index (Phi) is 4.84. The molecule has 0 saturated heterocycles. The van der Waals surface area contributed by atoms with E-state index in [0.717, 1.165) is 29.9 Å². The lowest BCUT2D eigenvalue weighted by Gasteiger charge is -2.17. The van der Waals surface area contributed by atoms with E-state index < -0.39 is 0 Å². The molecule has 4 heteroatoms. The van der Waals surface area contributed by atoms with Crippen molar-refractivity contribution in [1.29, 1.82) is 0 Å². The fraction of sp³-hybridized carbons (Fsp3) is 0.571. The Labute approximate surface area is 108 Å². The summed E-state index contributed by atoms with van der Waals surface area (Å²) >= 11 is 0. The summed E-state index contributed by atoms with van der Waals surface area (Å²) in [6.07, 6.45) is 1.82. The normalized spacial score (nSPS) is 16.1. The first-order valence-corrected chi connectivity index (χ1v) is 6.57. The average molecular weight is 251 g/mol. The van der Waals surface area contributed by atoms with Crippen LogP contribution in [-0.2, 0) is 6.54 Å². The van der Waals surface area contributed by atoms with Crippen LogP contribution in [0.2, 0.25) is 0 Å². The van der Waals surface area contributed by atoms with Crippen LogP contribution in [-0.4, -0.2) is 31.0 Å². The maximum Gasteiger partial charge on any atom is 0.165 e. The summed E-state index contributed by atoms with van der Waals surface area (Å²) in [5, 5.41) is 12.5. The molecule has 0 amide bonds. The van der Waals surface area contributed by atoms with Gasteiger partial charge in [-0.15, -0.1) is 0 Å². The second-order valence-corrected chi connectivity index (χ2v) is 4.46. The minimum Gasteiger partial charge on any atom is -0.490 e. The first-order chi connectivity index (χ1) is 8.85. The summed E-state index contributed by atoms with van der Waals surface area (Å²) in [6.45, 7) is 4.30. The molecule has 2 N–H and O–H groups in total. The van der Waals surface area contributed by atoms with Gasteiger partial charge in [0.15, 0.2) is 11.5 Å². The summed E-state index contributed by atoms with van der Waals surface area (Å²) < 4.78 is 11.4. The third-order valence-corrected chi connectivity index (χ3v) is 3.15. The number of hydrogen-bond donors (Lipinski definition) is 2. The highest BCUT2D eigenvalue weighted by molar-refractivity contribution is 5.47. The van der Waals surface area contributed by atoms with E-state index in [0.29, 0.717) is 19.8 Å². The highest BCUT2D eigenvalue weighted by Crippen LogP contribution is 2.33. The Morgan fingerprint density at radius 1 is 1.33 bits per heavy atom. The number of benzene rings is 1. The molecule has 1 aliphatic rings. The van der Waals surface area contributed by atoms with Crippen LogP contribution in [0.15, 0.2) is 18.2 Å². The van der Waals surface area contributed by atoms with Crippen LogP contribution >= 0.6 is 0 Å². The maximum atomic E-state index is 9.17. The molecule has 0 spiro atoms. The standard InChI is InChI=1S/C14H21NO3/c1-2-12(10-16)15-9-11-5-3-6-13-14(11)18-8-4-7-17-13/h3,5-6,12,15-16H,2,4,7-10H2,1H3/t12-/m1/s1. The molecule has 100 valence electrons. The zero-order valence-corrected chi connectivity index (χ0v) is 10.8. The van der Waals surface area contributed by atoms with Crippen LogP contribution in [0.4, 0.5) is 0 Å². The van der Waals surface area contributed by atoms with Gasteiger partial charge in [0.05, 0.1) is 19.8 Å². The quantitative estimate of drug-likeness (QED) is 0.836. The lowest BCUT2D eigenvalue weighted by atomic mass is 10.1. The third-order valence-electron chi connectivity index (χ3n) is 3.15. The van der Waals surface area contributed by atoms with E-state index in [-0.39, 0.29) is 12.6 Å². The van der Waals surface area contributed by atoms with Crippen molar-refractivity contribution in [3.8, 4) is 11.5 Å². The van der Waals surface area contributed by atoms with Crippen LogP contribution in [0.5, 0.6) is 11.5 Å². The summed E-state index contributed by atoms with van der Waals surface area (Å²) in [6, 6.07) is 6.08. The van der Waals surface area contributed by atoms with E-state index in [1.54, 1.807) is 0 Å². The molecule has 1 aromatic carbocycles. The van der Waals surface area contributed by atoms with Crippen LogP contribution in [0.3, 0.4) is 0 Å². The number of aliphatic hydroxyl groups is 1. The molecule has 0 aromatic heterocycles. The zero-order valence-electron chi connectivity index (χ0n) is 10.8. The molecule has 0 bridgehead atoms. The van der Waals surface area contributed by atoms with E-state index in [1.807, 2.05) is 18.2 Å². The van der Waals surface area contributed by atoms with E-state index >= 15 is 0 Å².